The topological polar surface area (TPSA) is 41.1 Å². The monoisotopic (exact) mass is 286 g/mol. The SMILES string of the molecule is CC1CCC(NC(=O)c2cccc3c2CCNC3)CC1C. The van der Waals surface area contributed by atoms with Crippen molar-refractivity contribution in [3.05, 3.63) is 34.9 Å². The Morgan fingerprint density at radius 1 is 1.24 bits per heavy atom. The minimum absolute atomic E-state index is 0.125. The van der Waals surface area contributed by atoms with Gasteiger partial charge in [-0.1, -0.05) is 26.0 Å². The molecule has 1 amide bonds. The fraction of sp³-hybridized carbons (Fsp3) is 0.611. The lowest BCUT2D eigenvalue weighted by molar-refractivity contribution is 0.0909. The van der Waals surface area contributed by atoms with Crippen LogP contribution in [-0.2, 0) is 13.0 Å². The van der Waals surface area contributed by atoms with Crippen molar-refractivity contribution in [3.63, 3.8) is 0 Å². The Hall–Kier alpha value is -1.35. The van der Waals surface area contributed by atoms with Gasteiger partial charge in [-0.3, -0.25) is 4.79 Å². The number of hydrogen-bond donors (Lipinski definition) is 2. The zero-order valence-corrected chi connectivity index (χ0v) is 13.1. The van der Waals surface area contributed by atoms with Crippen LogP contribution < -0.4 is 10.6 Å². The summed E-state index contributed by atoms with van der Waals surface area (Å²) in [6.45, 7) is 6.48. The highest BCUT2D eigenvalue weighted by Crippen LogP contribution is 2.29. The zero-order chi connectivity index (χ0) is 14.8. The number of carbonyl (C=O) groups is 1. The minimum atomic E-state index is 0.125. The summed E-state index contributed by atoms with van der Waals surface area (Å²) >= 11 is 0. The third-order valence-electron chi connectivity index (χ3n) is 5.32. The summed E-state index contributed by atoms with van der Waals surface area (Å²) in [5, 5.41) is 6.64. The molecule has 114 valence electrons. The molecule has 1 aliphatic carbocycles. The number of fused-ring (bicyclic) bond motifs is 1. The highest BCUT2D eigenvalue weighted by atomic mass is 16.1. The first kappa shape index (κ1) is 14.6. The van der Waals surface area contributed by atoms with Gasteiger partial charge < -0.3 is 10.6 Å². The van der Waals surface area contributed by atoms with Gasteiger partial charge in [-0.2, -0.15) is 0 Å². The van der Waals surface area contributed by atoms with Gasteiger partial charge in [0.15, 0.2) is 0 Å². The van der Waals surface area contributed by atoms with Crippen LogP contribution in [0.4, 0.5) is 0 Å². The van der Waals surface area contributed by atoms with E-state index in [0.717, 1.165) is 43.8 Å². The molecule has 21 heavy (non-hydrogen) atoms. The lowest BCUT2D eigenvalue weighted by atomic mass is 9.79. The van der Waals surface area contributed by atoms with Gasteiger partial charge in [-0.25, -0.2) is 0 Å². The third-order valence-corrected chi connectivity index (χ3v) is 5.32. The molecule has 1 aromatic rings. The Balaban J connectivity index is 1.71. The second-order valence-electron chi connectivity index (χ2n) is 6.81. The molecule has 2 N–H and O–H groups in total. The molecule has 0 aromatic heterocycles. The van der Waals surface area contributed by atoms with Gasteiger partial charge in [0.25, 0.3) is 5.91 Å². The Morgan fingerprint density at radius 3 is 2.90 bits per heavy atom. The smallest absolute Gasteiger partial charge is 0.251 e. The van der Waals surface area contributed by atoms with Crippen LogP contribution in [0, 0.1) is 11.8 Å². The molecular formula is C18H26N2O. The maximum absolute atomic E-state index is 12.6. The summed E-state index contributed by atoms with van der Waals surface area (Å²) in [5.74, 6) is 1.62. The summed E-state index contributed by atoms with van der Waals surface area (Å²) in [6, 6.07) is 6.46. The summed E-state index contributed by atoms with van der Waals surface area (Å²) < 4.78 is 0. The third kappa shape index (κ3) is 3.13. The lowest BCUT2D eigenvalue weighted by Gasteiger charge is -2.32. The molecule has 0 saturated heterocycles. The van der Waals surface area contributed by atoms with Crippen LogP contribution in [0.15, 0.2) is 18.2 Å². The molecular weight excluding hydrogens is 260 g/mol. The van der Waals surface area contributed by atoms with E-state index in [2.05, 4.69) is 30.5 Å². The maximum atomic E-state index is 12.6. The molecule has 0 radical (unpaired) electrons. The molecule has 1 fully saturated rings. The van der Waals surface area contributed by atoms with Crippen LogP contribution in [0.25, 0.3) is 0 Å². The van der Waals surface area contributed by atoms with Crippen LogP contribution >= 0.6 is 0 Å². The number of nitrogens with one attached hydrogen (secondary N) is 2. The highest BCUT2D eigenvalue weighted by Gasteiger charge is 2.26. The highest BCUT2D eigenvalue weighted by molar-refractivity contribution is 5.96. The van der Waals surface area contributed by atoms with Crippen molar-refractivity contribution in [1.29, 1.82) is 0 Å². The second-order valence-corrected chi connectivity index (χ2v) is 6.81. The summed E-state index contributed by atoms with van der Waals surface area (Å²) in [5.41, 5.74) is 3.41. The fourth-order valence-electron chi connectivity index (χ4n) is 3.69. The minimum Gasteiger partial charge on any atom is -0.349 e. The van der Waals surface area contributed by atoms with Gasteiger partial charge in [0.1, 0.15) is 0 Å². The standard InChI is InChI=1S/C18H26N2O/c1-12-6-7-15(10-13(12)2)20-18(21)17-5-3-4-14-11-19-9-8-16(14)17/h3-5,12-13,15,19H,6-11H2,1-2H3,(H,20,21). The molecule has 3 atom stereocenters. The molecule has 0 bridgehead atoms. The van der Waals surface area contributed by atoms with Gasteiger partial charge >= 0.3 is 0 Å². The summed E-state index contributed by atoms with van der Waals surface area (Å²) in [7, 11) is 0. The van der Waals surface area contributed by atoms with Crippen molar-refractivity contribution in [2.75, 3.05) is 6.54 Å². The fourth-order valence-corrected chi connectivity index (χ4v) is 3.69. The summed E-state index contributed by atoms with van der Waals surface area (Å²) in [6.07, 6.45) is 4.41. The average Bonchev–Trinajstić information content (AvgIpc) is 2.50. The van der Waals surface area contributed by atoms with E-state index in [0.29, 0.717) is 12.0 Å². The number of hydrogen-bond acceptors (Lipinski definition) is 2. The number of carbonyl (C=O) groups excluding carboxylic acids is 1. The molecule has 1 heterocycles. The van der Waals surface area contributed by atoms with Crippen molar-refractivity contribution in [3.8, 4) is 0 Å². The van der Waals surface area contributed by atoms with Crippen LogP contribution in [0.3, 0.4) is 0 Å². The van der Waals surface area contributed by atoms with Crippen molar-refractivity contribution in [2.45, 2.75) is 52.1 Å². The summed E-state index contributed by atoms with van der Waals surface area (Å²) in [4.78, 5) is 12.6. The predicted octanol–water partition coefficient (Wildman–Crippen LogP) is 2.89. The van der Waals surface area contributed by atoms with E-state index >= 15 is 0 Å². The van der Waals surface area contributed by atoms with Crippen LogP contribution in [0.5, 0.6) is 0 Å². The van der Waals surface area contributed by atoms with E-state index in [1.54, 1.807) is 0 Å². The molecule has 3 unspecified atom stereocenters. The molecule has 1 aromatic carbocycles. The Kier molecular flexibility index (Phi) is 4.29. The molecule has 1 aliphatic heterocycles. The number of rotatable bonds is 2. The first-order valence-electron chi connectivity index (χ1n) is 8.27. The van der Waals surface area contributed by atoms with Crippen molar-refractivity contribution in [2.24, 2.45) is 11.8 Å². The van der Waals surface area contributed by atoms with E-state index in [1.165, 1.54) is 17.5 Å². The quantitative estimate of drug-likeness (QED) is 0.877. The molecule has 3 rings (SSSR count). The van der Waals surface area contributed by atoms with Crippen molar-refractivity contribution >= 4 is 5.91 Å². The normalized spacial score (nSPS) is 28.8. The zero-order valence-electron chi connectivity index (χ0n) is 13.1. The largest absolute Gasteiger partial charge is 0.349 e. The van der Waals surface area contributed by atoms with E-state index < -0.39 is 0 Å². The van der Waals surface area contributed by atoms with Crippen LogP contribution in [-0.4, -0.2) is 18.5 Å². The van der Waals surface area contributed by atoms with Gasteiger partial charge in [0, 0.05) is 18.2 Å². The lowest BCUT2D eigenvalue weighted by Crippen LogP contribution is -2.40. The maximum Gasteiger partial charge on any atom is 0.251 e. The van der Waals surface area contributed by atoms with Crippen molar-refractivity contribution < 1.29 is 4.79 Å². The van der Waals surface area contributed by atoms with E-state index in [4.69, 9.17) is 0 Å². The van der Waals surface area contributed by atoms with Crippen LogP contribution in [0.2, 0.25) is 0 Å². The number of benzene rings is 1. The van der Waals surface area contributed by atoms with E-state index in [9.17, 15) is 4.79 Å². The van der Waals surface area contributed by atoms with Gasteiger partial charge in [0.2, 0.25) is 0 Å². The Bertz CT molecular complexity index is 526. The van der Waals surface area contributed by atoms with Crippen molar-refractivity contribution in [1.82, 2.24) is 10.6 Å². The molecule has 3 nitrogen and oxygen atoms in total. The van der Waals surface area contributed by atoms with E-state index in [-0.39, 0.29) is 5.91 Å². The predicted molar refractivity (Wildman–Crippen MR) is 85.3 cm³/mol. The molecule has 0 spiro atoms. The van der Waals surface area contributed by atoms with Gasteiger partial charge in [-0.15, -0.1) is 0 Å². The first-order valence-corrected chi connectivity index (χ1v) is 8.27. The Labute approximate surface area is 127 Å². The molecule has 3 heteroatoms. The van der Waals surface area contributed by atoms with Gasteiger partial charge in [0.05, 0.1) is 0 Å². The molecule has 1 saturated carbocycles. The first-order chi connectivity index (χ1) is 10.1. The van der Waals surface area contributed by atoms with Crippen LogP contribution in [0.1, 0.15) is 54.6 Å². The van der Waals surface area contributed by atoms with E-state index in [1.807, 2.05) is 12.1 Å². The average molecular weight is 286 g/mol. The Morgan fingerprint density at radius 2 is 2.10 bits per heavy atom. The molecule has 2 aliphatic rings. The number of amides is 1. The second kappa shape index (κ2) is 6.18. The van der Waals surface area contributed by atoms with Gasteiger partial charge in [-0.05, 0) is 61.3 Å².